The normalized spacial score (nSPS) is 24.9. The summed E-state index contributed by atoms with van der Waals surface area (Å²) in [6.45, 7) is 0.360. The van der Waals surface area contributed by atoms with Crippen molar-refractivity contribution in [2.45, 2.75) is 50.2 Å². The van der Waals surface area contributed by atoms with Gasteiger partial charge in [0.05, 0.1) is 12.2 Å². The first-order valence-electron chi connectivity index (χ1n) is 10.8. The molecule has 32 heavy (non-hydrogen) atoms. The molecule has 0 spiro atoms. The lowest BCUT2D eigenvalue weighted by atomic mass is 9.97. The number of aromatic nitrogens is 3. The molecule has 2 aromatic heterocycles. The summed E-state index contributed by atoms with van der Waals surface area (Å²) in [5.74, 6) is -0.179. The van der Waals surface area contributed by atoms with E-state index in [-0.39, 0.29) is 36.3 Å². The highest BCUT2D eigenvalue weighted by Crippen LogP contribution is 2.49. The Morgan fingerprint density at radius 3 is 2.81 bits per heavy atom. The van der Waals surface area contributed by atoms with Crippen molar-refractivity contribution < 1.29 is 18.0 Å². The summed E-state index contributed by atoms with van der Waals surface area (Å²) in [6, 6.07) is 4.34. The summed E-state index contributed by atoms with van der Waals surface area (Å²) in [5, 5.41) is 2.66. The number of alkyl halides is 3. The maximum atomic E-state index is 13.3. The van der Waals surface area contributed by atoms with Crippen molar-refractivity contribution in [2.24, 2.45) is 5.92 Å². The van der Waals surface area contributed by atoms with E-state index in [0.29, 0.717) is 24.6 Å². The number of H-pyrrole nitrogens is 1. The van der Waals surface area contributed by atoms with E-state index >= 15 is 0 Å². The van der Waals surface area contributed by atoms with Crippen LogP contribution in [0.5, 0.6) is 0 Å². The van der Waals surface area contributed by atoms with E-state index in [2.05, 4.69) is 20.3 Å². The SMILES string of the molecule is O=C(Nc1cc(=O)[nH]cn1)N1c2nc(N3CCCC(C(F)(F)F)C3)ccc2C2CCCC21. The van der Waals surface area contributed by atoms with Crippen molar-refractivity contribution in [3.63, 3.8) is 0 Å². The lowest BCUT2D eigenvalue weighted by molar-refractivity contribution is -0.176. The van der Waals surface area contributed by atoms with Gasteiger partial charge in [0.2, 0.25) is 0 Å². The van der Waals surface area contributed by atoms with Gasteiger partial charge in [-0.3, -0.25) is 15.0 Å². The number of pyridine rings is 1. The molecule has 0 radical (unpaired) electrons. The molecule has 1 saturated carbocycles. The Morgan fingerprint density at radius 1 is 1.19 bits per heavy atom. The molecule has 11 heteroatoms. The second-order valence-corrected chi connectivity index (χ2v) is 8.61. The van der Waals surface area contributed by atoms with Crippen molar-refractivity contribution in [3.05, 3.63) is 40.4 Å². The molecule has 3 unspecified atom stereocenters. The summed E-state index contributed by atoms with van der Waals surface area (Å²) in [6.07, 6.45) is 0.233. The molecule has 2 aromatic rings. The fourth-order valence-corrected chi connectivity index (χ4v) is 5.18. The van der Waals surface area contributed by atoms with E-state index < -0.39 is 18.1 Å². The average Bonchev–Trinajstić information content (AvgIpc) is 3.33. The number of anilines is 3. The predicted octanol–water partition coefficient (Wildman–Crippen LogP) is 3.63. The zero-order chi connectivity index (χ0) is 22.5. The van der Waals surface area contributed by atoms with Gasteiger partial charge in [0.25, 0.3) is 5.56 Å². The number of rotatable bonds is 2. The van der Waals surface area contributed by atoms with Crippen molar-refractivity contribution in [1.82, 2.24) is 15.0 Å². The summed E-state index contributed by atoms with van der Waals surface area (Å²) >= 11 is 0. The highest BCUT2D eigenvalue weighted by molar-refractivity contribution is 6.03. The van der Waals surface area contributed by atoms with Gasteiger partial charge in [0.1, 0.15) is 17.5 Å². The van der Waals surface area contributed by atoms with E-state index in [4.69, 9.17) is 0 Å². The fraction of sp³-hybridized carbons (Fsp3) is 0.524. The van der Waals surface area contributed by atoms with Gasteiger partial charge in [-0.2, -0.15) is 13.2 Å². The molecule has 2 aliphatic heterocycles. The number of fused-ring (bicyclic) bond motifs is 3. The molecule has 0 aromatic carbocycles. The number of carbonyl (C=O) groups excluding carboxylic acids is 1. The zero-order valence-electron chi connectivity index (χ0n) is 17.2. The Bertz CT molecular complexity index is 1090. The lowest BCUT2D eigenvalue weighted by Crippen LogP contribution is -2.43. The smallest absolute Gasteiger partial charge is 0.356 e. The summed E-state index contributed by atoms with van der Waals surface area (Å²) in [5.41, 5.74) is 0.551. The number of piperidine rings is 1. The van der Waals surface area contributed by atoms with Crippen molar-refractivity contribution >= 4 is 23.5 Å². The molecule has 3 aliphatic rings. The van der Waals surface area contributed by atoms with Crippen LogP contribution in [0, 0.1) is 5.92 Å². The average molecular weight is 448 g/mol. The lowest BCUT2D eigenvalue weighted by Gasteiger charge is -2.35. The van der Waals surface area contributed by atoms with Gasteiger partial charge in [-0.05, 0) is 31.7 Å². The zero-order valence-corrected chi connectivity index (χ0v) is 17.2. The molecule has 170 valence electrons. The molecular weight excluding hydrogens is 425 g/mol. The first-order chi connectivity index (χ1) is 15.3. The highest BCUT2D eigenvalue weighted by Gasteiger charge is 2.46. The molecule has 3 atom stereocenters. The molecular formula is C21H23F3N6O2. The Morgan fingerprint density at radius 2 is 2.03 bits per heavy atom. The molecule has 1 saturated heterocycles. The monoisotopic (exact) mass is 448 g/mol. The van der Waals surface area contributed by atoms with Crippen LogP contribution < -0.4 is 20.7 Å². The van der Waals surface area contributed by atoms with E-state index in [1.807, 2.05) is 6.07 Å². The third kappa shape index (κ3) is 3.69. The quantitative estimate of drug-likeness (QED) is 0.732. The third-order valence-electron chi connectivity index (χ3n) is 6.67. The fourth-order valence-electron chi connectivity index (χ4n) is 5.18. The van der Waals surface area contributed by atoms with Crippen molar-refractivity contribution in [1.29, 1.82) is 0 Å². The molecule has 5 rings (SSSR count). The van der Waals surface area contributed by atoms with Gasteiger partial charge in [-0.1, -0.05) is 12.5 Å². The van der Waals surface area contributed by atoms with Crippen LogP contribution in [0.4, 0.5) is 35.4 Å². The first kappa shape index (κ1) is 20.8. The Labute approximate surface area is 181 Å². The molecule has 2 fully saturated rings. The van der Waals surface area contributed by atoms with Crippen molar-refractivity contribution in [2.75, 3.05) is 28.2 Å². The highest BCUT2D eigenvalue weighted by atomic mass is 19.4. The second kappa shape index (κ2) is 7.79. The summed E-state index contributed by atoms with van der Waals surface area (Å²) in [7, 11) is 0. The molecule has 0 bridgehead atoms. The Kier molecular flexibility index (Phi) is 5.06. The second-order valence-electron chi connectivity index (χ2n) is 8.61. The summed E-state index contributed by atoms with van der Waals surface area (Å²) < 4.78 is 39.8. The molecule has 8 nitrogen and oxygen atoms in total. The minimum atomic E-state index is -4.24. The number of carbonyl (C=O) groups is 1. The predicted molar refractivity (Wildman–Crippen MR) is 112 cm³/mol. The number of nitrogens with one attached hydrogen (secondary N) is 2. The van der Waals surface area contributed by atoms with E-state index in [1.165, 1.54) is 12.4 Å². The van der Waals surface area contributed by atoms with Crippen LogP contribution in [0.1, 0.15) is 43.6 Å². The maximum Gasteiger partial charge on any atom is 0.393 e. The number of aromatic amines is 1. The molecule has 2 amide bonds. The van der Waals surface area contributed by atoms with Gasteiger partial charge >= 0.3 is 12.2 Å². The Hall–Kier alpha value is -3.11. The van der Waals surface area contributed by atoms with Crippen LogP contribution in [0.3, 0.4) is 0 Å². The van der Waals surface area contributed by atoms with Crippen LogP contribution in [-0.2, 0) is 0 Å². The topological polar surface area (TPSA) is 94.2 Å². The molecule has 4 heterocycles. The van der Waals surface area contributed by atoms with Gasteiger partial charge in [-0.25, -0.2) is 14.8 Å². The van der Waals surface area contributed by atoms with Crippen LogP contribution in [0.2, 0.25) is 0 Å². The van der Waals surface area contributed by atoms with Gasteiger partial charge in [-0.15, -0.1) is 0 Å². The van der Waals surface area contributed by atoms with Crippen molar-refractivity contribution in [3.8, 4) is 0 Å². The number of urea groups is 1. The maximum absolute atomic E-state index is 13.3. The minimum Gasteiger partial charge on any atom is -0.356 e. The number of hydrogen-bond donors (Lipinski definition) is 2. The van der Waals surface area contributed by atoms with Crippen LogP contribution >= 0.6 is 0 Å². The third-order valence-corrected chi connectivity index (χ3v) is 6.67. The van der Waals surface area contributed by atoms with Gasteiger partial charge < -0.3 is 9.88 Å². The largest absolute Gasteiger partial charge is 0.393 e. The van der Waals surface area contributed by atoms with Gasteiger partial charge in [0, 0.05) is 36.7 Å². The molecule has 2 N–H and O–H groups in total. The van der Waals surface area contributed by atoms with E-state index in [1.54, 1.807) is 15.9 Å². The number of nitrogens with zero attached hydrogens (tertiary/aromatic N) is 4. The van der Waals surface area contributed by atoms with Crippen LogP contribution in [0.15, 0.2) is 29.3 Å². The van der Waals surface area contributed by atoms with Crippen LogP contribution in [0.25, 0.3) is 0 Å². The minimum absolute atomic E-state index is 0.0703. The van der Waals surface area contributed by atoms with Gasteiger partial charge in [0.15, 0.2) is 0 Å². The standard InChI is InChI=1S/C21H23F3N6O2/c22-21(23,24)12-3-2-8-29(10-12)17-7-6-14-13-4-1-5-15(13)30(19(14)28-17)20(32)27-16-9-18(31)26-11-25-16/h6-7,9,11-13,15H,1-5,8,10H2,(H2,25,26,27,31,32). The number of hydrogen-bond acceptors (Lipinski definition) is 5. The number of halogens is 3. The van der Waals surface area contributed by atoms with E-state index in [9.17, 15) is 22.8 Å². The van der Waals surface area contributed by atoms with Crippen LogP contribution in [-0.4, -0.2) is 46.3 Å². The first-order valence-corrected chi connectivity index (χ1v) is 10.8. The van der Waals surface area contributed by atoms with E-state index in [0.717, 1.165) is 24.8 Å². The summed E-state index contributed by atoms with van der Waals surface area (Å²) in [4.78, 5) is 39.0. The Balaban J connectivity index is 1.44. The number of amides is 2. The molecule has 1 aliphatic carbocycles.